The number of benzene rings is 2. The zero-order valence-electron chi connectivity index (χ0n) is 16.9. The molecule has 0 fully saturated rings. The third-order valence-electron chi connectivity index (χ3n) is 5.21. The monoisotopic (exact) mass is 416 g/mol. The minimum atomic E-state index is -0.309. The van der Waals surface area contributed by atoms with Crippen molar-refractivity contribution in [2.24, 2.45) is 0 Å². The van der Waals surface area contributed by atoms with Crippen LogP contribution in [0.25, 0.3) is 16.9 Å². The van der Waals surface area contributed by atoms with E-state index in [0.717, 1.165) is 11.1 Å². The zero-order chi connectivity index (χ0) is 21.4. The minimum Gasteiger partial charge on any atom is -0.454 e. The second-order valence-corrected chi connectivity index (χ2v) is 7.35. The van der Waals surface area contributed by atoms with Gasteiger partial charge in [-0.2, -0.15) is 0 Å². The summed E-state index contributed by atoms with van der Waals surface area (Å²) in [7, 11) is 0. The maximum absolute atomic E-state index is 13.2. The van der Waals surface area contributed by atoms with Crippen LogP contribution in [0.5, 0.6) is 11.5 Å². The van der Waals surface area contributed by atoms with Gasteiger partial charge >= 0.3 is 5.69 Å². The molecule has 0 aliphatic carbocycles. The van der Waals surface area contributed by atoms with Crippen LogP contribution in [0.2, 0.25) is 0 Å². The summed E-state index contributed by atoms with van der Waals surface area (Å²) in [6.45, 7) is 2.40. The summed E-state index contributed by atoms with van der Waals surface area (Å²) in [6.07, 6.45) is 1.64. The number of nitrogens with zero attached hydrogens (tertiary/aromatic N) is 3. The highest BCUT2D eigenvalue weighted by atomic mass is 16.7. The SMILES string of the molecule is Cc1ccc(-n2c(=O)n(CC(=O)NCc3ccc4c(c3)OCO4)c3cccnc32)cc1. The maximum atomic E-state index is 13.2. The molecule has 1 amide bonds. The van der Waals surface area contributed by atoms with Crippen molar-refractivity contribution in [2.45, 2.75) is 20.0 Å². The van der Waals surface area contributed by atoms with Gasteiger partial charge < -0.3 is 14.8 Å². The van der Waals surface area contributed by atoms with Crippen LogP contribution < -0.4 is 20.5 Å². The number of fused-ring (bicyclic) bond motifs is 2. The molecule has 156 valence electrons. The Hall–Kier alpha value is -4.07. The number of hydrogen-bond acceptors (Lipinski definition) is 5. The molecule has 4 aromatic rings. The van der Waals surface area contributed by atoms with Crippen LogP contribution >= 0.6 is 0 Å². The summed E-state index contributed by atoms with van der Waals surface area (Å²) >= 11 is 0. The van der Waals surface area contributed by atoms with Crippen molar-refractivity contribution >= 4 is 17.1 Å². The third kappa shape index (κ3) is 3.52. The molecule has 8 nitrogen and oxygen atoms in total. The smallest absolute Gasteiger partial charge is 0.335 e. The summed E-state index contributed by atoms with van der Waals surface area (Å²) in [5.74, 6) is 1.08. The Labute approximate surface area is 177 Å². The Bertz CT molecular complexity index is 1340. The highest BCUT2D eigenvalue weighted by Gasteiger charge is 2.18. The topological polar surface area (TPSA) is 87.4 Å². The lowest BCUT2D eigenvalue weighted by molar-refractivity contribution is -0.121. The lowest BCUT2D eigenvalue weighted by Crippen LogP contribution is -2.32. The molecular formula is C23H20N4O4. The summed E-state index contributed by atoms with van der Waals surface area (Å²) < 4.78 is 13.6. The fraction of sp³-hybridized carbons (Fsp3) is 0.174. The van der Waals surface area contributed by atoms with Crippen molar-refractivity contribution in [3.63, 3.8) is 0 Å². The van der Waals surface area contributed by atoms with E-state index in [2.05, 4.69) is 10.3 Å². The van der Waals surface area contributed by atoms with Gasteiger partial charge in [-0.3, -0.25) is 9.36 Å². The molecular weight excluding hydrogens is 396 g/mol. The molecule has 0 unspecified atom stereocenters. The Kier molecular flexibility index (Phi) is 4.66. The minimum absolute atomic E-state index is 0.107. The fourth-order valence-corrected chi connectivity index (χ4v) is 3.62. The van der Waals surface area contributed by atoms with Crippen LogP contribution in [-0.4, -0.2) is 26.8 Å². The van der Waals surface area contributed by atoms with Gasteiger partial charge in [-0.15, -0.1) is 0 Å². The van der Waals surface area contributed by atoms with Crippen molar-refractivity contribution in [1.29, 1.82) is 0 Å². The Morgan fingerprint density at radius 2 is 1.90 bits per heavy atom. The van der Waals surface area contributed by atoms with E-state index in [1.165, 1.54) is 9.13 Å². The molecule has 0 radical (unpaired) electrons. The van der Waals surface area contributed by atoms with Crippen molar-refractivity contribution in [1.82, 2.24) is 19.4 Å². The van der Waals surface area contributed by atoms with E-state index < -0.39 is 0 Å². The van der Waals surface area contributed by atoms with Gasteiger partial charge in [-0.25, -0.2) is 14.3 Å². The number of imidazole rings is 1. The molecule has 0 atom stereocenters. The summed E-state index contributed by atoms with van der Waals surface area (Å²) in [4.78, 5) is 30.2. The lowest BCUT2D eigenvalue weighted by Gasteiger charge is -2.07. The van der Waals surface area contributed by atoms with Gasteiger partial charge in [-0.05, 0) is 48.9 Å². The lowest BCUT2D eigenvalue weighted by atomic mass is 10.2. The quantitative estimate of drug-likeness (QED) is 0.540. The van der Waals surface area contributed by atoms with E-state index in [0.29, 0.717) is 34.9 Å². The number of aryl methyl sites for hydroxylation is 1. The van der Waals surface area contributed by atoms with Crippen molar-refractivity contribution < 1.29 is 14.3 Å². The third-order valence-corrected chi connectivity index (χ3v) is 5.21. The van der Waals surface area contributed by atoms with Crippen LogP contribution in [0, 0.1) is 6.92 Å². The number of aromatic nitrogens is 3. The number of carbonyl (C=O) groups is 1. The first-order chi connectivity index (χ1) is 15.1. The van der Waals surface area contributed by atoms with Crippen molar-refractivity contribution in [3.05, 3.63) is 82.4 Å². The average Bonchev–Trinajstić information content (AvgIpc) is 3.35. The van der Waals surface area contributed by atoms with E-state index >= 15 is 0 Å². The first-order valence-corrected chi connectivity index (χ1v) is 9.89. The zero-order valence-corrected chi connectivity index (χ0v) is 16.9. The molecule has 1 N–H and O–H groups in total. The summed E-state index contributed by atoms with van der Waals surface area (Å²) in [5, 5.41) is 2.86. The average molecular weight is 416 g/mol. The van der Waals surface area contributed by atoms with Crippen molar-refractivity contribution in [2.75, 3.05) is 6.79 Å². The number of amides is 1. The Morgan fingerprint density at radius 3 is 2.74 bits per heavy atom. The van der Waals surface area contributed by atoms with Crippen molar-refractivity contribution in [3.8, 4) is 17.2 Å². The van der Waals surface area contributed by atoms with Gasteiger partial charge in [0.1, 0.15) is 6.54 Å². The largest absolute Gasteiger partial charge is 0.454 e. The van der Waals surface area contributed by atoms with Crippen LogP contribution in [0.15, 0.2) is 65.6 Å². The molecule has 0 saturated carbocycles. The van der Waals surface area contributed by atoms with E-state index in [4.69, 9.17) is 9.47 Å². The highest BCUT2D eigenvalue weighted by molar-refractivity contribution is 5.80. The van der Waals surface area contributed by atoms with E-state index in [1.54, 1.807) is 18.3 Å². The van der Waals surface area contributed by atoms with Crippen LogP contribution in [0.1, 0.15) is 11.1 Å². The molecule has 2 aromatic heterocycles. The predicted octanol–water partition coefficient (Wildman–Crippen LogP) is 2.54. The molecule has 5 rings (SSSR count). The summed E-state index contributed by atoms with van der Waals surface area (Å²) in [5.41, 5.74) is 3.49. The Morgan fingerprint density at radius 1 is 1.10 bits per heavy atom. The molecule has 1 aliphatic heterocycles. The van der Waals surface area contributed by atoms with E-state index in [1.807, 2.05) is 49.4 Å². The van der Waals surface area contributed by atoms with E-state index in [9.17, 15) is 9.59 Å². The number of ether oxygens (including phenoxy) is 2. The number of pyridine rings is 1. The first kappa shape index (κ1) is 18.9. The number of nitrogens with one attached hydrogen (secondary N) is 1. The normalized spacial score (nSPS) is 12.3. The van der Waals surface area contributed by atoms with Gasteiger partial charge in [0.05, 0.1) is 11.2 Å². The second kappa shape index (κ2) is 7.64. The van der Waals surface area contributed by atoms with Crippen LogP contribution in [-0.2, 0) is 17.9 Å². The second-order valence-electron chi connectivity index (χ2n) is 7.35. The van der Waals surface area contributed by atoms with E-state index in [-0.39, 0.29) is 24.9 Å². The van der Waals surface area contributed by atoms with Gasteiger partial charge in [-0.1, -0.05) is 23.8 Å². The number of rotatable bonds is 5. The molecule has 2 aromatic carbocycles. The van der Waals surface area contributed by atoms with Crippen LogP contribution in [0.4, 0.5) is 0 Å². The molecule has 31 heavy (non-hydrogen) atoms. The van der Waals surface area contributed by atoms with Crippen LogP contribution in [0.3, 0.4) is 0 Å². The molecule has 1 aliphatic rings. The standard InChI is InChI=1S/C23H20N4O4/c1-15-4-7-17(8-5-15)27-22-18(3-2-10-24-22)26(23(27)29)13-21(28)25-12-16-6-9-19-20(11-16)31-14-30-19/h2-11H,12-14H2,1H3,(H,25,28). The Balaban J connectivity index is 1.40. The van der Waals surface area contributed by atoms with Gasteiger partial charge in [0, 0.05) is 12.7 Å². The first-order valence-electron chi connectivity index (χ1n) is 9.89. The highest BCUT2D eigenvalue weighted by Crippen LogP contribution is 2.32. The number of carbonyl (C=O) groups excluding carboxylic acids is 1. The summed E-state index contributed by atoms with van der Waals surface area (Å²) in [6, 6.07) is 16.7. The molecule has 0 spiro atoms. The molecule has 0 bridgehead atoms. The fourth-order valence-electron chi connectivity index (χ4n) is 3.62. The molecule has 3 heterocycles. The molecule has 8 heteroatoms. The number of hydrogen-bond donors (Lipinski definition) is 1. The van der Waals surface area contributed by atoms with Gasteiger partial charge in [0.25, 0.3) is 0 Å². The van der Waals surface area contributed by atoms with Gasteiger partial charge in [0.2, 0.25) is 12.7 Å². The van der Waals surface area contributed by atoms with Gasteiger partial charge in [0.15, 0.2) is 17.1 Å². The predicted molar refractivity (Wildman–Crippen MR) is 114 cm³/mol. The molecule has 0 saturated heterocycles. The maximum Gasteiger partial charge on any atom is 0.335 e.